The highest BCUT2D eigenvalue weighted by molar-refractivity contribution is 6.01. The van der Waals surface area contributed by atoms with E-state index in [0.29, 0.717) is 18.1 Å². The van der Waals surface area contributed by atoms with Gasteiger partial charge in [0.15, 0.2) is 11.5 Å². The van der Waals surface area contributed by atoms with Crippen molar-refractivity contribution >= 4 is 5.71 Å². The molecule has 0 spiro atoms. The summed E-state index contributed by atoms with van der Waals surface area (Å²) in [7, 11) is 4.94. The lowest BCUT2D eigenvalue weighted by Crippen LogP contribution is -2.03. The third-order valence-corrected chi connectivity index (χ3v) is 4.96. The zero-order valence-electron chi connectivity index (χ0n) is 18.4. The predicted molar refractivity (Wildman–Crippen MR) is 119 cm³/mol. The van der Waals surface area contributed by atoms with Gasteiger partial charge in [-0.1, -0.05) is 17.3 Å². The molecule has 6 heteroatoms. The van der Waals surface area contributed by atoms with E-state index in [4.69, 9.17) is 19.0 Å². The molecule has 3 aromatic rings. The zero-order valence-corrected chi connectivity index (χ0v) is 18.4. The van der Waals surface area contributed by atoms with Crippen LogP contribution in [0.5, 0.6) is 17.2 Å². The molecular formula is C24H28N2O4. The van der Waals surface area contributed by atoms with Crippen molar-refractivity contribution in [3.8, 4) is 34.2 Å². The van der Waals surface area contributed by atoms with Gasteiger partial charge in [-0.25, -0.2) is 0 Å². The molecule has 2 aromatic carbocycles. The van der Waals surface area contributed by atoms with Crippen molar-refractivity contribution in [3.05, 3.63) is 59.8 Å². The summed E-state index contributed by atoms with van der Waals surface area (Å²) in [5.41, 5.74) is 5.87. The molecule has 0 atom stereocenters. The topological polar surface area (TPSA) is 54.2 Å². The van der Waals surface area contributed by atoms with Crippen LogP contribution in [0.4, 0.5) is 0 Å². The van der Waals surface area contributed by atoms with Gasteiger partial charge in [0, 0.05) is 28.6 Å². The molecule has 0 N–H and O–H groups in total. The Morgan fingerprint density at radius 3 is 2.37 bits per heavy atom. The van der Waals surface area contributed by atoms with Gasteiger partial charge in [0.1, 0.15) is 12.4 Å². The Hall–Kier alpha value is -3.41. The van der Waals surface area contributed by atoms with Gasteiger partial charge >= 0.3 is 0 Å². The van der Waals surface area contributed by atoms with Crippen LogP contribution in [0.3, 0.4) is 0 Å². The van der Waals surface area contributed by atoms with Crippen molar-refractivity contribution in [1.29, 1.82) is 0 Å². The van der Waals surface area contributed by atoms with E-state index in [9.17, 15) is 0 Å². The summed E-state index contributed by atoms with van der Waals surface area (Å²) in [5, 5.41) is 4.24. The van der Waals surface area contributed by atoms with Gasteiger partial charge < -0.3 is 23.6 Å². The number of ether oxygens (including phenoxy) is 3. The van der Waals surface area contributed by atoms with Crippen LogP contribution in [0, 0.1) is 6.92 Å². The highest BCUT2D eigenvalue weighted by Crippen LogP contribution is 2.35. The summed E-state index contributed by atoms with van der Waals surface area (Å²) in [4.78, 5) is 5.29. The maximum atomic E-state index is 5.53. The fourth-order valence-electron chi connectivity index (χ4n) is 3.48. The second kappa shape index (κ2) is 9.39. The first-order chi connectivity index (χ1) is 14.5. The summed E-state index contributed by atoms with van der Waals surface area (Å²) in [6.45, 7) is 6.46. The molecule has 158 valence electrons. The smallest absolute Gasteiger partial charge is 0.162 e. The summed E-state index contributed by atoms with van der Waals surface area (Å²) < 4.78 is 18.5. The van der Waals surface area contributed by atoms with Crippen molar-refractivity contribution in [2.45, 2.75) is 20.8 Å². The molecule has 0 aliphatic rings. The minimum Gasteiger partial charge on any atom is -0.497 e. The van der Waals surface area contributed by atoms with E-state index in [0.717, 1.165) is 39.7 Å². The van der Waals surface area contributed by atoms with Crippen molar-refractivity contribution in [3.63, 3.8) is 0 Å². The first kappa shape index (κ1) is 21.3. The van der Waals surface area contributed by atoms with Crippen molar-refractivity contribution in [2.24, 2.45) is 5.16 Å². The third-order valence-electron chi connectivity index (χ3n) is 4.96. The van der Waals surface area contributed by atoms with Crippen LogP contribution < -0.4 is 14.2 Å². The van der Waals surface area contributed by atoms with E-state index >= 15 is 0 Å². The zero-order chi connectivity index (χ0) is 21.7. The second-order valence-corrected chi connectivity index (χ2v) is 6.73. The Labute approximate surface area is 177 Å². The third kappa shape index (κ3) is 4.13. The van der Waals surface area contributed by atoms with E-state index < -0.39 is 0 Å². The van der Waals surface area contributed by atoms with Gasteiger partial charge in [-0.2, -0.15) is 0 Å². The van der Waals surface area contributed by atoms with Crippen molar-refractivity contribution < 1.29 is 19.0 Å². The lowest BCUT2D eigenvalue weighted by molar-refractivity contribution is 0.159. The van der Waals surface area contributed by atoms with Crippen LogP contribution in [-0.4, -0.2) is 38.2 Å². The minimum absolute atomic E-state index is 0.523. The van der Waals surface area contributed by atoms with Crippen LogP contribution in [-0.2, 0) is 4.84 Å². The molecule has 0 aliphatic carbocycles. The Kier molecular flexibility index (Phi) is 6.67. The number of rotatable bonds is 8. The lowest BCUT2D eigenvalue weighted by Gasteiger charge is -2.15. The van der Waals surface area contributed by atoms with E-state index in [-0.39, 0.29) is 0 Å². The quantitative estimate of drug-likeness (QED) is 0.378. The van der Waals surface area contributed by atoms with Crippen LogP contribution in [0.2, 0.25) is 0 Å². The lowest BCUT2D eigenvalue weighted by atomic mass is 10.1. The molecule has 0 aliphatic heterocycles. The molecule has 0 unspecified atom stereocenters. The Morgan fingerprint density at radius 2 is 1.70 bits per heavy atom. The summed E-state index contributed by atoms with van der Waals surface area (Å²) in [6.07, 6.45) is 0. The molecular weight excluding hydrogens is 380 g/mol. The SMILES string of the molecule is CCO/N=C(/C)c1cc(-c2cccc(OC)c2)n(-c2ccc(OC)c(OC)c2)c1C. The predicted octanol–water partition coefficient (Wildman–Crippen LogP) is 5.24. The number of methoxy groups -OCH3 is 3. The normalized spacial score (nSPS) is 11.3. The molecule has 0 saturated carbocycles. The Morgan fingerprint density at radius 1 is 0.933 bits per heavy atom. The Balaban J connectivity index is 2.25. The standard InChI is InChI=1S/C24H28N2O4/c1-7-30-25-16(2)21-15-22(18-9-8-10-20(13-18)27-4)26(17(21)3)19-11-12-23(28-5)24(14-19)29-6/h8-15H,7H2,1-6H3/b25-16-. The monoisotopic (exact) mass is 408 g/mol. The largest absolute Gasteiger partial charge is 0.497 e. The fourth-order valence-corrected chi connectivity index (χ4v) is 3.48. The number of nitrogens with zero attached hydrogens (tertiary/aromatic N) is 2. The highest BCUT2D eigenvalue weighted by atomic mass is 16.6. The molecule has 1 aromatic heterocycles. The Bertz CT molecular complexity index is 1050. The minimum atomic E-state index is 0.523. The average Bonchev–Trinajstić information content (AvgIpc) is 3.14. The van der Waals surface area contributed by atoms with E-state index in [2.05, 4.69) is 28.8 Å². The van der Waals surface area contributed by atoms with E-state index in [1.165, 1.54) is 0 Å². The van der Waals surface area contributed by atoms with Gasteiger partial charge in [-0.05, 0) is 51.1 Å². The average molecular weight is 408 g/mol. The van der Waals surface area contributed by atoms with E-state index in [1.54, 1.807) is 21.3 Å². The summed E-state index contributed by atoms with van der Waals surface area (Å²) in [5.74, 6) is 2.15. The molecule has 0 fully saturated rings. The van der Waals surface area contributed by atoms with Crippen molar-refractivity contribution in [2.75, 3.05) is 27.9 Å². The molecule has 6 nitrogen and oxygen atoms in total. The number of benzene rings is 2. The van der Waals surface area contributed by atoms with Crippen LogP contribution in [0.1, 0.15) is 25.1 Å². The van der Waals surface area contributed by atoms with Gasteiger partial charge in [0.05, 0.1) is 32.7 Å². The fraction of sp³-hybridized carbons (Fsp3) is 0.292. The molecule has 0 amide bonds. The van der Waals surface area contributed by atoms with Crippen LogP contribution in [0.15, 0.2) is 53.7 Å². The van der Waals surface area contributed by atoms with Gasteiger partial charge in [-0.15, -0.1) is 0 Å². The number of hydrogen-bond acceptors (Lipinski definition) is 5. The second-order valence-electron chi connectivity index (χ2n) is 6.73. The first-order valence-corrected chi connectivity index (χ1v) is 9.80. The van der Waals surface area contributed by atoms with E-state index in [1.807, 2.05) is 50.2 Å². The molecule has 0 radical (unpaired) electrons. The van der Waals surface area contributed by atoms with Gasteiger partial charge in [-0.3, -0.25) is 0 Å². The van der Waals surface area contributed by atoms with Gasteiger partial charge in [0.25, 0.3) is 0 Å². The maximum absolute atomic E-state index is 5.53. The molecule has 1 heterocycles. The summed E-state index contributed by atoms with van der Waals surface area (Å²) in [6, 6.07) is 16.0. The summed E-state index contributed by atoms with van der Waals surface area (Å²) >= 11 is 0. The number of oxime groups is 1. The first-order valence-electron chi connectivity index (χ1n) is 9.80. The van der Waals surface area contributed by atoms with Crippen molar-refractivity contribution in [1.82, 2.24) is 4.57 Å². The van der Waals surface area contributed by atoms with Gasteiger partial charge in [0.2, 0.25) is 0 Å². The molecule has 30 heavy (non-hydrogen) atoms. The highest BCUT2D eigenvalue weighted by Gasteiger charge is 2.18. The number of hydrogen-bond donors (Lipinski definition) is 0. The molecule has 3 rings (SSSR count). The number of aromatic nitrogens is 1. The molecule has 0 saturated heterocycles. The maximum Gasteiger partial charge on any atom is 0.162 e. The molecule has 0 bridgehead atoms. The van der Waals surface area contributed by atoms with Crippen LogP contribution >= 0.6 is 0 Å². The van der Waals surface area contributed by atoms with Crippen LogP contribution in [0.25, 0.3) is 16.9 Å².